The van der Waals surface area contributed by atoms with Crippen molar-refractivity contribution < 1.29 is 38.3 Å². The normalized spacial score (nSPS) is 15.9. The summed E-state index contributed by atoms with van der Waals surface area (Å²) in [6.07, 6.45) is -0.0622. The van der Waals surface area contributed by atoms with Gasteiger partial charge in [0.1, 0.15) is 12.6 Å². The second-order valence-electron chi connectivity index (χ2n) is 13.9. The maximum Gasteiger partial charge on any atom is 0.328 e. The third-order valence-electron chi connectivity index (χ3n) is 8.93. The van der Waals surface area contributed by atoms with E-state index in [1.165, 1.54) is 39.7 Å². The third-order valence-corrected chi connectivity index (χ3v) is 10.8. The quantitative estimate of drug-likeness (QED) is 0.0691. The Morgan fingerprint density at radius 3 is 2.21 bits per heavy atom. The van der Waals surface area contributed by atoms with Gasteiger partial charge in [-0.05, 0) is 65.6 Å². The van der Waals surface area contributed by atoms with Crippen LogP contribution in [0.2, 0.25) is 0 Å². The highest BCUT2D eigenvalue weighted by atomic mass is 32.2. The summed E-state index contributed by atoms with van der Waals surface area (Å²) in [5.41, 5.74) is 2.88. The number of nitrogens with zero attached hydrogens (tertiary/aromatic N) is 5. The molecule has 0 spiro atoms. The molecule has 1 aliphatic rings. The van der Waals surface area contributed by atoms with Crippen LogP contribution in [-0.2, 0) is 32.6 Å². The van der Waals surface area contributed by atoms with Crippen LogP contribution in [0, 0.1) is 11.8 Å². The van der Waals surface area contributed by atoms with Crippen LogP contribution in [0.25, 0.3) is 0 Å². The highest BCUT2D eigenvalue weighted by Crippen LogP contribution is 2.24. The molecule has 0 radical (unpaired) electrons. The van der Waals surface area contributed by atoms with Crippen molar-refractivity contribution in [1.82, 2.24) is 19.4 Å². The Kier molecular flexibility index (Phi) is 13.9. The van der Waals surface area contributed by atoms with E-state index in [4.69, 9.17) is 5.21 Å². The van der Waals surface area contributed by atoms with Crippen LogP contribution in [0.15, 0.2) is 94.1 Å². The average molecular weight is 749 g/mol. The summed E-state index contributed by atoms with van der Waals surface area (Å²) in [5.74, 6) is -1.64. The van der Waals surface area contributed by atoms with Gasteiger partial charge in [0.2, 0.25) is 15.9 Å². The highest BCUT2D eigenvalue weighted by molar-refractivity contribution is 7.89. The van der Waals surface area contributed by atoms with Gasteiger partial charge < -0.3 is 25.7 Å². The van der Waals surface area contributed by atoms with Crippen LogP contribution < -0.4 is 5.32 Å². The first-order chi connectivity index (χ1) is 25.2. The first-order valence-electron chi connectivity index (χ1n) is 17.3. The molecule has 4 rings (SSSR count). The van der Waals surface area contributed by atoms with Gasteiger partial charge in [0.05, 0.1) is 35.5 Å². The predicted octanol–water partition coefficient (Wildman–Crippen LogP) is 3.92. The van der Waals surface area contributed by atoms with Crippen LogP contribution in [0.1, 0.15) is 56.9 Å². The maximum absolute atomic E-state index is 14.2. The summed E-state index contributed by atoms with van der Waals surface area (Å²) in [6, 6.07) is 19.1. The monoisotopic (exact) mass is 748 g/mol. The van der Waals surface area contributed by atoms with Gasteiger partial charge in [0.15, 0.2) is 0 Å². The molecule has 4 amide bonds. The van der Waals surface area contributed by atoms with E-state index >= 15 is 0 Å². The van der Waals surface area contributed by atoms with E-state index < -0.39 is 52.0 Å². The lowest BCUT2D eigenvalue weighted by Gasteiger charge is -2.34. The predicted molar refractivity (Wildman–Crippen MR) is 199 cm³/mol. The summed E-state index contributed by atoms with van der Waals surface area (Å²) in [5, 5.41) is 38.9. The smallest absolute Gasteiger partial charge is 0.328 e. The van der Waals surface area contributed by atoms with Crippen molar-refractivity contribution in [3.63, 3.8) is 0 Å². The van der Waals surface area contributed by atoms with Gasteiger partial charge in [-0.1, -0.05) is 98.7 Å². The standard InChI is InChI=1S/C38H48N6O8S/c1-25(2)21-42(53(51,52)32-16-14-29(15-17-32)20-39-49)23-34(45)33(19-28-10-7-6-8-11-28)40-37(47)36(26(3)4)44-24-35(46)43(38(44)48)22-30-12-9-13-31(18-30)27(5)41-50/h6-18,20,25-26,33-34,36,45,49-50H,19,21-24H2,1-5H3,(H,40,47)/b39-20+,41-27?/t33-,34+,36-/m0/s1. The number of sulfonamides is 1. The van der Waals surface area contributed by atoms with Gasteiger partial charge in [-0.15, -0.1) is 0 Å². The number of aliphatic hydroxyl groups excluding tert-OH is 1. The van der Waals surface area contributed by atoms with Gasteiger partial charge in [-0.2, -0.15) is 4.31 Å². The molecular formula is C38H48N6O8S. The zero-order valence-corrected chi connectivity index (χ0v) is 31.3. The first kappa shape index (κ1) is 40.6. The van der Waals surface area contributed by atoms with Gasteiger partial charge in [0.25, 0.3) is 5.91 Å². The molecule has 284 valence electrons. The Hall–Kier alpha value is -5.12. The second-order valence-corrected chi connectivity index (χ2v) is 15.8. The minimum Gasteiger partial charge on any atom is -0.411 e. The zero-order valence-electron chi connectivity index (χ0n) is 30.5. The molecular weight excluding hydrogens is 701 g/mol. The Bertz CT molecular complexity index is 1900. The number of carbonyl (C=O) groups excluding carboxylic acids is 3. The zero-order chi connectivity index (χ0) is 38.9. The number of benzene rings is 3. The van der Waals surface area contributed by atoms with Crippen molar-refractivity contribution in [3.8, 4) is 0 Å². The molecule has 3 aromatic carbocycles. The average Bonchev–Trinajstić information content (AvgIpc) is 3.39. The fraction of sp³-hybridized carbons (Fsp3) is 0.395. The topological polar surface area (TPSA) is 193 Å². The lowest BCUT2D eigenvalue weighted by atomic mass is 9.97. The molecule has 3 aromatic rings. The van der Waals surface area contributed by atoms with Crippen LogP contribution in [0.5, 0.6) is 0 Å². The van der Waals surface area contributed by atoms with Gasteiger partial charge in [-0.3, -0.25) is 14.5 Å². The lowest BCUT2D eigenvalue weighted by molar-refractivity contribution is -0.129. The van der Waals surface area contributed by atoms with E-state index in [-0.39, 0.29) is 43.4 Å². The van der Waals surface area contributed by atoms with E-state index in [9.17, 15) is 33.1 Å². The molecule has 14 nitrogen and oxygen atoms in total. The molecule has 3 atom stereocenters. The first-order valence-corrected chi connectivity index (χ1v) is 18.8. The Labute approximate surface area is 310 Å². The van der Waals surface area contributed by atoms with Crippen LogP contribution >= 0.6 is 0 Å². The maximum atomic E-state index is 14.2. The molecule has 1 saturated heterocycles. The molecule has 0 aromatic heterocycles. The Morgan fingerprint density at radius 1 is 0.943 bits per heavy atom. The summed E-state index contributed by atoms with van der Waals surface area (Å²) in [4.78, 5) is 43.4. The minimum atomic E-state index is -4.12. The summed E-state index contributed by atoms with van der Waals surface area (Å²) < 4.78 is 29.0. The number of oxime groups is 2. The van der Waals surface area contributed by atoms with Gasteiger partial charge >= 0.3 is 6.03 Å². The van der Waals surface area contributed by atoms with E-state index in [0.717, 1.165) is 10.5 Å². The van der Waals surface area contributed by atoms with Crippen molar-refractivity contribution in [3.05, 3.63) is 101 Å². The molecule has 0 saturated carbocycles. The van der Waals surface area contributed by atoms with E-state index in [0.29, 0.717) is 22.4 Å². The molecule has 53 heavy (non-hydrogen) atoms. The molecule has 1 aliphatic heterocycles. The highest BCUT2D eigenvalue weighted by Gasteiger charge is 2.44. The molecule has 1 fully saturated rings. The van der Waals surface area contributed by atoms with Crippen molar-refractivity contribution >= 4 is 39.8 Å². The van der Waals surface area contributed by atoms with Crippen molar-refractivity contribution in [2.75, 3.05) is 19.6 Å². The fourth-order valence-electron chi connectivity index (χ4n) is 6.25. The van der Waals surface area contributed by atoms with E-state index in [2.05, 4.69) is 15.6 Å². The summed E-state index contributed by atoms with van der Waals surface area (Å²) in [7, 11) is -4.12. The van der Waals surface area contributed by atoms with Crippen molar-refractivity contribution in [1.29, 1.82) is 0 Å². The number of carbonyl (C=O) groups is 3. The molecule has 0 aliphatic carbocycles. The number of aliphatic hydroxyl groups is 1. The van der Waals surface area contributed by atoms with Crippen LogP contribution in [-0.4, -0.2) is 106 Å². The molecule has 1 heterocycles. The van der Waals surface area contributed by atoms with Gasteiger partial charge in [-0.25, -0.2) is 13.2 Å². The number of amides is 4. The second kappa shape index (κ2) is 18.1. The van der Waals surface area contributed by atoms with E-state index in [1.807, 2.05) is 44.2 Å². The number of nitrogens with one attached hydrogen (secondary N) is 1. The van der Waals surface area contributed by atoms with Crippen LogP contribution in [0.3, 0.4) is 0 Å². The number of hydrogen-bond donors (Lipinski definition) is 4. The fourth-order valence-corrected chi connectivity index (χ4v) is 7.87. The molecule has 15 heteroatoms. The minimum absolute atomic E-state index is 0.0193. The van der Waals surface area contributed by atoms with E-state index in [1.54, 1.807) is 45.0 Å². The summed E-state index contributed by atoms with van der Waals surface area (Å²) >= 11 is 0. The Morgan fingerprint density at radius 2 is 1.60 bits per heavy atom. The third kappa shape index (κ3) is 10.3. The molecule has 0 unspecified atom stereocenters. The van der Waals surface area contributed by atoms with Crippen LogP contribution in [0.4, 0.5) is 4.79 Å². The molecule has 4 N–H and O–H groups in total. The number of hydrogen-bond acceptors (Lipinski definition) is 10. The summed E-state index contributed by atoms with van der Waals surface area (Å²) in [6.45, 7) is 8.17. The number of imide groups is 1. The van der Waals surface area contributed by atoms with Crippen molar-refractivity contribution in [2.45, 2.75) is 70.7 Å². The SMILES string of the molecule is CC(=NO)c1cccc(CN2C(=O)CN([C@H](C(=O)N[C@@H](Cc3ccccc3)[C@H](O)CN(CC(C)C)S(=O)(=O)c3ccc(/C=N/O)cc3)C(C)C)C2=O)c1. The Balaban J connectivity index is 1.59. The van der Waals surface area contributed by atoms with Crippen molar-refractivity contribution in [2.24, 2.45) is 22.1 Å². The lowest BCUT2D eigenvalue weighted by Crippen LogP contribution is -2.57. The molecule has 0 bridgehead atoms. The number of rotatable bonds is 17. The largest absolute Gasteiger partial charge is 0.411 e. The number of urea groups is 1. The van der Waals surface area contributed by atoms with Gasteiger partial charge in [0, 0.05) is 13.1 Å².